The van der Waals surface area contributed by atoms with Crippen LogP contribution in [0.4, 0.5) is 5.69 Å². The van der Waals surface area contributed by atoms with Gasteiger partial charge in [0.1, 0.15) is 5.75 Å². The maximum atomic E-state index is 12.0. The maximum Gasteiger partial charge on any atom is 0.262 e. The SMILES string of the molecule is Cc1ccccc1OCC(=O)Nc1ccc(C(=O)NC2CC2)cc1. The van der Waals surface area contributed by atoms with E-state index in [4.69, 9.17) is 4.74 Å². The minimum absolute atomic E-state index is 0.0607. The number of ether oxygens (including phenoxy) is 1. The van der Waals surface area contributed by atoms with Crippen molar-refractivity contribution >= 4 is 17.5 Å². The highest BCUT2D eigenvalue weighted by Crippen LogP contribution is 2.20. The van der Waals surface area contributed by atoms with Crippen LogP contribution in [0.1, 0.15) is 28.8 Å². The Morgan fingerprint density at radius 3 is 2.46 bits per heavy atom. The normalized spacial score (nSPS) is 13.2. The molecule has 0 spiro atoms. The molecule has 5 nitrogen and oxygen atoms in total. The van der Waals surface area contributed by atoms with Crippen molar-refractivity contribution in [1.82, 2.24) is 5.32 Å². The zero-order valence-electron chi connectivity index (χ0n) is 13.5. The molecule has 2 aromatic rings. The van der Waals surface area contributed by atoms with E-state index >= 15 is 0 Å². The molecule has 2 N–H and O–H groups in total. The largest absolute Gasteiger partial charge is 0.483 e. The van der Waals surface area contributed by atoms with Crippen LogP contribution in [0.3, 0.4) is 0 Å². The molecule has 2 aromatic carbocycles. The van der Waals surface area contributed by atoms with Crippen molar-refractivity contribution in [2.45, 2.75) is 25.8 Å². The second-order valence-corrected chi connectivity index (χ2v) is 5.93. The van der Waals surface area contributed by atoms with Gasteiger partial charge in [-0.25, -0.2) is 0 Å². The number of carbonyl (C=O) groups is 2. The molecule has 1 aliphatic carbocycles. The Bertz CT molecular complexity index is 737. The monoisotopic (exact) mass is 324 g/mol. The molecule has 0 atom stereocenters. The van der Waals surface area contributed by atoms with E-state index in [1.54, 1.807) is 24.3 Å². The second-order valence-electron chi connectivity index (χ2n) is 5.93. The number of amides is 2. The third-order valence-corrected chi connectivity index (χ3v) is 3.80. The van der Waals surface area contributed by atoms with Gasteiger partial charge in [-0.2, -0.15) is 0 Å². The van der Waals surface area contributed by atoms with E-state index in [1.807, 2.05) is 31.2 Å². The lowest BCUT2D eigenvalue weighted by Crippen LogP contribution is -2.25. The van der Waals surface area contributed by atoms with Gasteiger partial charge in [0.15, 0.2) is 6.61 Å². The van der Waals surface area contributed by atoms with Crippen LogP contribution in [0.15, 0.2) is 48.5 Å². The third kappa shape index (κ3) is 4.35. The highest BCUT2D eigenvalue weighted by atomic mass is 16.5. The van der Waals surface area contributed by atoms with Gasteiger partial charge in [-0.1, -0.05) is 18.2 Å². The number of carbonyl (C=O) groups excluding carboxylic acids is 2. The fourth-order valence-corrected chi connectivity index (χ4v) is 2.26. The molecular formula is C19H20N2O3. The molecule has 1 saturated carbocycles. The van der Waals surface area contributed by atoms with Crippen LogP contribution < -0.4 is 15.4 Å². The van der Waals surface area contributed by atoms with Gasteiger partial charge in [0.05, 0.1) is 0 Å². The van der Waals surface area contributed by atoms with Crippen molar-refractivity contribution in [2.24, 2.45) is 0 Å². The van der Waals surface area contributed by atoms with Crippen molar-refractivity contribution in [3.05, 3.63) is 59.7 Å². The molecule has 0 saturated heterocycles. The van der Waals surface area contributed by atoms with Crippen molar-refractivity contribution in [2.75, 3.05) is 11.9 Å². The van der Waals surface area contributed by atoms with Gasteiger partial charge >= 0.3 is 0 Å². The quantitative estimate of drug-likeness (QED) is 0.858. The van der Waals surface area contributed by atoms with Crippen LogP contribution in [0.25, 0.3) is 0 Å². The zero-order chi connectivity index (χ0) is 16.9. The van der Waals surface area contributed by atoms with Crippen LogP contribution in [0.2, 0.25) is 0 Å². The lowest BCUT2D eigenvalue weighted by molar-refractivity contribution is -0.118. The average Bonchev–Trinajstić information content (AvgIpc) is 3.39. The summed E-state index contributed by atoms with van der Waals surface area (Å²) < 4.78 is 5.51. The van der Waals surface area contributed by atoms with Gasteiger partial charge in [0.2, 0.25) is 0 Å². The molecule has 2 amide bonds. The Morgan fingerprint density at radius 2 is 1.79 bits per heavy atom. The zero-order valence-corrected chi connectivity index (χ0v) is 13.5. The Balaban J connectivity index is 1.50. The summed E-state index contributed by atoms with van der Waals surface area (Å²) in [5.41, 5.74) is 2.21. The first-order valence-corrected chi connectivity index (χ1v) is 8.01. The smallest absolute Gasteiger partial charge is 0.262 e. The summed E-state index contributed by atoms with van der Waals surface area (Å²) in [6.45, 7) is 1.87. The van der Waals surface area contributed by atoms with Gasteiger partial charge in [-0.05, 0) is 55.7 Å². The molecular weight excluding hydrogens is 304 g/mol. The number of rotatable bonds is 6. The van der Waals surface area contributed by atoms with Gasteiger partial charge in [0, 0.05) is 17.3 Å². The number of para-hydroxylation sites is 1. The predicted molar refractivity (Wildman–Crippen MR) is 92.2 cm³/mol. The molecule has 124 valence electrons. The van der Waals surface area contributed by atoms with E-state index in [-0.39, 0.29) is 18.4 Å². The van der Waals surface area contributed by atoms with E-state index in [0.29, 0.717) is 23.0 Å². The van der Waals surface area contributed by atoms with Crippen molar-refractivity contribution in [3.63, 3.8) is 0 Å². The van der Waals surface area contributed by atoms with Gasteiger partial charge in [0.25, 0.3) is 11.8 Å². The summed E-state index contributed by atoms with van der Waals surface area (Å²) in [7, 11) is 0. The third-order valence-electron chi connectivity index (χ3n) is 3.80. The fourth-order valence-electron chi connectivity index (χ4n) is 2.26. The number of hydrogen-bond donors (Lipinski definition) is 2. The van der Waals surface area contributed by atoms with Gasteiger partial charge in [-0.3, -0.25) is 9.59 Å². The Morgan fingerprint density at radius 1 is 1.08 bits per heavy atom. The highest BCUT2D eigenvalue weighted by molar-refractivity contribution is 5.96. The number of anilines is 1. The molecule has 1 aliphatic rings. The molecule has 0 unspecified atom stereocenters. The Kier molecular flexibility index (Phi) is 4.79. The number of aryl methyl sites for hydroxylation is 1. The topological polar surface area (TPSA) is 67.4 Å². The van der Waals surface area contributed by atoms with Crippen LogP contribution >= 0.6 is 0 Å². The molecule has 0 aliphatic heterocycles. The summed E-state index contributed by atoms with van der Waals surface area (Å²) in [6, 6.07) is 14.7. The molecule has 24 heavy (non-hydrogen) atoms. The van der Waals surface area contributed by atoms with Crippen LogP contribution in [0, 0.1) is 6.92 Å². The molecule has 1 fully saturated rings. The maximum absolute atomic E-state index is 12.0. The molecule has 0 radical (unpaired) electrons. The van der Waals surface area contributed by atoms with E-state index in [9.17, 15) is 9.59 Å². The molecule has 3 rings (SSSR count). The summed E-state index contributed by atoms with van der Waals surface area (Å²) in [5.74, 6) is 0.381. The summed E-state index contributed by atoms with van der Waals surface area (Å²) in [4.78, 5) is 23.9. The first kappa shape index (κ1) is 16.1. The number of nitrogens with one attached hydrogen (secondary N) is 2. The first-order valence-electron chi connectivity index (χ1n) is 8.01. The number of hydrogen-bond acceptors (Lipinski definition) is 3. The van der Waals surface area contributed by atoms with Crippen LogP contribution in [-0.4, -0.2) is 24.5 Å². The van der Waals surface area contributed by atoms with E-state index < -0.39 is 0 Å². The summed E-state index contributed by atoms with van der Waals surface area (Å²) in [5, 5.41) is 5.68. The molecule has 0 aromatic heterocycles. The Hall–Kier alpha value is -2.82. The average molecular weight is 324 g/mol. The minimum Gasteiger partial charge on any atom is -0.483 e. The lowest BCUT2D eigenvalue weighted by atomic mass is 10.2. The first-order chi connectivity index (χ1) is 11.6. The van der Waals surface area contributed by atoms with Crippen LogP contribution in [-0.2, 0) is 4.79 Å². The van der Waals surface area contributed by atoms with Gasteiger partial charge < -0.3 is 15.4 Å². The predicted octanol–water partition coefficient (Wildman–Crippen LogP) is 2.90. The van der Waals surface area contributed by atoms with Crippen molar-refractivity contribution < 1.29 is 14.3 Å². The van der Waals surface area contributed by atoms with E-state index in [2.05, 4.69) is 10.6 Å². The molecule has 5 heteroatoms. The van der Waals surface area contributed by atoms with Gasteiger partial charge in [-0.15, -0.1) is 0 Å². The lowest BCUT2D eigenvalue weighted by Gasteiger charge is -2.10. The summed E-state index contributed by atoms with van der Waals surface area (Å²) in [6.07, 6.45) is 2.11. The number of benzene rings is 2. The molecule has 0 heterocycles. The molecule has 0 bridgehead atoms. The van der Waals surface area contributed by atoms with Crippen molar-refractivity contribution in [3.8, 4) is 5.75 Å². The van der Waals surface area contributed by atoms with E-state index in [0.717, 1.165) is 18.4 Å². The highest BCUT2D eigenvalue weighted by Gasteiger charge is 2.23. The fraction of sp³-hybridized carbons (Fsp3) is 0.263. The second kappa shape index (κ2) is 7.17. The summed E-state index contributed by atoms with van der Waals surface area (Å²) >= 11 is 0. The minimum atomic E-state index is -0.242. The standard InChI is InChI=1S/C19H20N2O3/c1-13-4-2-3-5-17(13)24-12-18(22)20-15-8-6-14(7-9-15)19(23)21-16-10-11-16/h2-9,16H,10-12H2,1H3,(H,20,22)(H,21,23). The van der Waals surface area contributed by atoms with Crippen LogP contribution in [0.5, 0.6) is 5.75 Å². The Labute approximate surface area is 141 Å². The van der Waals surface area contributed by atoms with E-state index in [1.165, 1.54) is 0 Å². The van der Waals surface area contributed by atoms with Crippen molar-refractivity contribution in [1.29, 1.82) is 0 Å².